The van der Waals surface area contributed by atoms with E-state index in [0.717, 1.165) is 11.3 Å². The van der Waals surface area contributed by atoms with Gasteiger partial charge in [-0.15, -0.1) is 0 Å². The van der Waals surface area contributed by atoms with Crippen molar-refractivity contribution in [3.63, 3.8) is 0 Å². The number of hydrogen-bond donors (Lipinski definition) is 1. The molecule has 0 bridgehead atoms. The SMILES string of the molecule is COC(C)Cc1ccc(C(=O)NCc2ccc(Oc3ccccc3F)cc2)cn1. The third-order valence-electron chi connectivity index (χ3n) is 4.43. The number of halogens is 1. The molecule has 0 aliphatic carbocycles. The summed E-state index contributed by atoms with van der Waals surface area (Å²) in [6, 6.07) is 16.9. The lowest BCUT2D eigenvalue weighted by Gasteiger charge is -2.10. The van der Waals surface area contributed by atoms with Crippen LogP contribution in [-0.4, -0.2) is 24.1 Å². The first-order valence-electron chi connectivity index (χ1n) is 9.32. The summed E-state index contributed by atoms with van der Waals surface area (Å²) in [5.41, 5.74) is 2.28. The van der Waals surface area contributed by atoms with Crippen LogP contribution in [-0.2, 0) is 17.7 Å². The Morgan fingerprint density at radius 1 is 1.10 bits per heavy atom. The standard InChI is InChI=1S/C23H23FN2O3/c1-16(28-2)13-19-10-9-18(15-25-19)23(27)26-14-17-7-11-20(12-8-17)29-22-6-4-3-5-21(22)24/h3-12,15-16H,13-14H2,1-2H3,(H,26,27). The number of rotatable bonds is 8. The van der Waals surface area contributed by atoms with Crippen LogP contribution >= 0.6 is 0 Å². The number of nitrogens with zero attached hydrogens (tertiary/aromatic N) is 1. The molecular formula is C23H23FN2O3. The molecule has 2 aromatic carbocycles. The van der Waals surface area contributed by atoms with Crippen LogP contribution in [0.5, 0.6) is 11.5 Å². The van der Waals surface area contributed by atoms with E-state index in [9.17, 15) is 9.18 Å². The van der Waals surface area contributed by atoms with Crippen LogP contribution in [0.15, 0.2) is 66.9 Å². The molecule has 5 nitrogen and oxygen atoms in total. The Balaban J connectivity index is 1.53. The fourth-order valence-corrected chi connectivity index (χ4v) is 2.67. The Bertz CT molecular complexity index is 943. The fourth-order valence-electron chi connectivity index (χ4n) is 2.67. The molecule has 150 valence electrons. The van der Waals surface area contributed by atoms with Crippen molar-refractivity contribution in [1.29, 1.82) is 0 Å². The van der Waals surface area contributed by atoms with Crippen molar-refractivity contribution in [2.24, 2.45) is 0 Å². The molecule has 0 aliphatic heterocycles. The number of hydrogen-bond acceptors (Lipinski definition) is 4. The molecule has 1 unspecified atom stereocenters. The van der Waals surface area contributed by atoms with Crippen LogP contribution in [0.3, 0.4) is 0 Å². The number of carbonyl (C=O) groups is 1. The van der Waals surface area contributed by atoms with Gasteiger partial charge in [0, 0.05) is 32.0 Å². The molecule has 1 amide bonds. The molecule has 6 heteroatoms. The summed E-state index contributed by atoms with van der Waals surface area (Å²) < 4.78 is 24.4. The molecular weight excluding hydrogens is 371 g/mol. The summed E-state index contributed by atoms with van der Waals surface area (Å²) in [6.07, 6.45) is 2.34. The van der Waals surface area contributed by atoms with E-state index < -0.39 is 5.82 Å². The summed E-state index contributed by atoms with van der Waals surface area (Å²) in [5.74, 6) is 0.0790. The van der Waals surface area contributed by atoms with Gasteiger partial charge >= 0.3 is 0 Å². The fraction of sp³-hybridized carbons (Fsp3) is 0.217. The van der Waals surface area contributed by atoms with Gasteiger partial charge in [0.15, 0.2) is 11.6 Å². The molecule has 0 fully saturated rings. The van der Waals surface area contributed by atoms with Gasteiger partial charge in [0.1, 0.15) is 5.75 Å². The summed E-state index contributed by atoms with van der Waals surface area (Å²) in [4.78, 5) is 16.6. The molecule has 0 saturated heterocycles. The van der Waals surface area contributed by atoms with Gasteiger partial charge in [-0.05, 0) is 48.9 Å². The highest BCUT2D eigenvalue weighted by Gasteiger charge is 2.08. The Hall–Kier alpha value is -3.25. The maximum absolute atomic E-state index is 13.6. The first-order valence-corrected chi connectivity index (χ1v) is 9.32. The van der Waals surface area contributed by atoms with Crippen LogP contribution in [0, 0.1) is 5.82 Å². The molecule has 1 N–H and O–H groups in total. The predicted octanol–water partition coefficient (Wildman–Crippen LogP) is 4.52. The van der Waals surface area contributed by atoms with E-state index in [4.69, 9.17) is 9.47 Å². The number of para-hydroxylation sites is 1. The van der Waals surface area contributed by atoms with Crippen molar-refractivity contribution in [3.05, 3.63) is 89.5 Å². The zero-order valence-corrected chi connectivity index (χ0v) is 16.4. The average molecular weight is 394 g/mol. The maximum Gasteiger partial charge on any atom is 0.253 e. The predicted molar refractivity (Wildman–Crippen MR) is 108 cm³/mol. The number of amides is 1. The smallest absolute Gasteiger partial charge is 0.253 e. The van der Waals surface area contributed by atoms with E-state index in [0.29, 0.717) is 24.3 Å². The van der Waals surface area contributed by atoms with Gasteiger partial charge in [-0.1, -0.05) is 24.3 Å². The van der Waals surface area contributed by atoms with Gasteiger partial charge in [-0.3, -0.25) is 9.78 Å². The molecule has 1 aromatic heterocycles. The third-order valence-corrected chi connectivity index (χ3v) is 4.43. The van der Waals surface area contributed by atoms with Gasteiger partial charge in [0.2, 0.25) is 0 Å². The monoisotopic (exact) mass is 394 g/mol. The molecule has 0 radical (unpaired) electrons. The van der Waals surface area contributed by atoms with Crippen LogP contribution in [0.2, 0.25) is 0 Å². The number of aromatic nitrogens is 1. The molecule has 29 heavy (non-hydrogen) atoms. The van der Waals surface area contributed by atoms with E-state index in [1.165, 1.54) is 6.07 Å². The van der Waals surface area contributed by atoms with E-state index in [1.54, 1.807) is 49.7 Å². The van der Waals surface area contributed by atoms with E-state index >= 15 is 0 Å². The number of carbonyl (C=O) groups excluding carboxylic acids is 1. The second kappa shape index (κ2) is 9.80. The van der Waals surface area contributed by atoms with Crippen molar-refractivity contribution in [2.45, 2.75) is 26.0 Å². The van der Waals surface area contributed by atoms with Gasteiger partial charge < -0.3 is 14.8 Å². The molecule has 3 aromatic rings. The highest BCUT2D eigenvalue weighted by molar-refractivity contribution is 5.93. The number of nitrogens with one attached hydrogen (secondary N) is 1. The van der Waals surface area contributed by atoms with Crippen molar-refractivity contribution in [2.75, 3.05) is 7.11 Å². The Labute approximate surface area is 169 Å². The van der Waals surface area contributed by atoms with Crippen molar-refractivity contribution in [1.82, 2.24) is 10.3 Å². The van der Waals surface area contributed by atoms with E-state index in [2.05, 4.69) is 10.3 Å². The van der Waals surface area contributed by atoms with Crippen LogP contribution < -0.4 is 10.1 Å². The van der Waals surface area contributed by atoms with Gasteiger partial charge in [0.05, 0.1) is 11.7 Å². The molecule has 0 spiro atoms. The number of pyridine rings is 1. The second-order valence-electron chi connectivity index (χ2n) is 6.65. The summed E-state index contributed by atoms with van der Waals surface area (Å²) in [5, 5.41) is 2.86. The molecule has 0 aliphatic rings. The summed E-state index contributed by atoms with van der Waals surface area (Å²) in [6.45, 7) is 2.33. The number of methoxy groups -OCH3 is 1. The zero-order valence-electron chi connectivity index (χ0n) is 16.4. The van der Waals surface area contributed by atoms with Gasteiger partial charge in [0.25, 0.3) is 5.91 Å². The summed E-state index contributed by atoms with van der Waals surface area (Å²) in [7, 11) is 1.66. The quantitative estimate of drug-likeness (QED) is 0.610. The largest absolute Gasteiger partial charge is 0.454 e. The minimum atomic E-state index is -0.417. The Morgan fingerprint density at radius 3 is 2.52 bits per heavy atom. The van der Waals surface area contributed by atoms with Gasteiger partial charge in [-0.2, -0.15) is 0 Å². The third kappa shape index (κ3) is 5.86. The number of ether oxygens (including phenoxy) is 2. The minimum Gasteiger partial charge on any atom is -0.454 e. The normalized spacial score (nSPS) is 11.7. The molecule has 1 heterocycles. The highest BCUT2D eigenvalue weighted by Crippen LogP contribution is 2.24. The van der Waals surface area contributed by atoms with Crippen molar-refractivity contribution in [3.8, 4) is 11.5 Å². The first kappa shape index (κ1) is 20.5. The number of benzene rings is 2. The lowest BCUT2D eigenvalue weighted by molar-refractivity contribution is 0.0950. The lowest BCUT2D eigenvalue weighted by atomic mass is 10.1. The molecule has 1 atom stereocenters. The average Bonchev–Trinajstić information content (AvgIpc) is 2.75. The first-order chi connectivity index (χ1) is 14.0. The molecule has 3 rings (SSSR count). The van der Waals surface area contributed by atoms with E-state index in [1.807, 2.05) is 25.1 Å². The van der Waals surface area contributed by atoms with Crippen molar-refractivity contribution < 1.29 is 18.7 Å². The topological polar surface area (TPSA) is 60.5 Å². The summed E-state index contributed by atoms with van der Waals surface area (Å²) >= 11 is 0. The lowest BCUT2D eigenvalue weighted by Crippen LogP contribution is -2.23. The second-order valence-corrected chi connectivity index (χ2v) is 6.65. The van der Waals surface area contributed by atoms with Crippen LogP contribution in [0.25, 0.3) is 0 Å². The highest BCUT2D eigenvalue weighted by atomic mass is 19.1. The van der Waals surface area contributed by atoms with Crippen LogP contribution in [0.4, 0.5) is 4.39 Å². The maximum atomic E-state index is 13.6. The van der Waals surface area contributed by atoms with Gasteiger partial charge in [-0.25, -0.2) is 4.39 Å². The molecule has 0 saturated carbocycles. The zero-order chi connectivity index (χ0) is 20.6. The Morgan fingerprint density at radius 2 is 1.86 bits per heavy atom. The van der Waals surface area contributed by atoms with Crippen molar-refractivity contribution >= 4 is 5.91 Å². The minimum absolute atomic E-state index is 0.0764. The van der Waals surface area contributed by atoms with E-state index in [-0.39, 0.29) is 17.8 Å². The van der Waals surface area contributed by atoms with Crippen LogP contribution in [0.1, 0.15) is 28.5 Å². The Kier molecular flexibility index (Phi) is 6.92.